The molecular formula is C15H20N4O2S. The number of aryl methyl sites for hydroxylation is 1. The van der Waals surface area contributed by atoms with E-state index in [9.17, 15) is 4.79 Å². The van der Waals surface area contributed by atoms with Gasteiger partial charge in [-0.3, -0.25) is 4.79 Å². The van der Waals surface area contributed by atoms with E-state index in [1.54, 1.807) is 18.3 Å². The summed E-state index contributed by atoms with van der Waals surface area (Å²) in [5.74, 6) is 1.24. The SMILES string of the molecule is Cc1cc(CSc2ncccc2C(=O)NCCC(C)N)no1. The molecule has 0 saturated heterocycles. The maximum Gasteiger partial charge on any atom is 0.254 e. The molecule has 3 N–H and O–H groups in total. The van der Waals surface area contributed by atoms with Gasteiger partial charge in [0.05, 0.1) is 11.3 Å². The van der Waals surface area contributed by atoms with Gasteiger partial charge >= 0.3 is 0 Å². The molecule has 0 radical (unpaired) electrons. The first-order valence-corrected chi connectivity index (χ1v) is 8.08. The van der Waals surface area contributed by atoms with Gasteiger partial charge in [-0.2, -0.15) is 0 Å². The van der Waals surface area contributed by atoms with E-state index < -0.39 is 0 Å². The molecule has 0 aliphatic heterocycles. The number of thioether (sulfide) groups is 1. The lowest BCUT2D eigenvalue weighted by Gasteiger charge is -2.09. The molecule has 0 bridgehead atoms. The van der Waals surface area contributed by atoms with Crippen molar-refractivity contribution in [3.63, 3.8) is 0 Å². The van der Waals surface area contributed by atoms with Crippen LogP contribution in [-0.4, -0.2) is 28.6 Å². The smallest absolute Gasteiger partial charge is 0.254 e. The summed E-state index contributed by atoms with van der Waals surface area (Å²) in [5, 5.41) is 7.48. The largest absolute Gasteiger partial charge is 0.361 e. The maximum atomic E-state index is 12.2. The van der Waals surface area contributed by atoms with Crippen LogP contribution in [0.1, 0.15) is 35.2 Å². The second-order valence-corrected chi connectivity index (χ2v) is 6.06. The van der Waals surface area contributed by atoms with Crippen LogP contribution in [0, 0.1) is 6.92 Å². The summed E-state index contributed by atoms with van der Waals surface area (Å²) in [6.07, 6.45) is 2.42. The number of nitrogens with one attached hydrogen (secondary N) is 1. The number of carbonyl (C=O) groups is 1. The fourth-order valence-corrected chi connectivity index (χ4v) is 2.69. The number of amides is 1. The second kappa shape index (κ2) is 7.95. The molecule has 7 heteroatoms. The lowest BCUT2D eigenvalue weighted by atomic mass is 10.2. The Labute approximate surface area is 133 Å². The highest BCUT2D eigenvalue weighted by Gasteiger charge is 2.13. The van der Waals surface area contributed by atoms with Crippen molar-refractivity contribution in [3.8, 4) is 0 Å². The van der Waals surface area contributed by atoms with Crippen molar-refractivity contribution in [2.75, 3.05) is 6.54 Å². The molecular weight excluding hydrogens is 300 g/mol. The highest BCUT2D eigenvalue weighted by Crippen LogP contribution is 2.24. The average molecular weight is 320 g/mol. The summed E-state index contributed by atoms with van der Waals surface area (Å²) in [6, 6.07) is 5.46. The number of hydrogen-bond donors (Lipinski definition) is 2. The summed E-state index contributed by atoms with van der Waals surface area (Å²) in [5.41, 5.74) is 7.07. The Balaban J connectivity index is 1.98. The van der Waals surface area contributed by atoms with E-state index in [-0.39, 0.29) is 11.9 Å². The highest BCUT2D eigenvalue weighted by atomic mass is 32.2. The first kappa shape index (κ1) is 16.5. The summed E-state index contributed by atoms with van der Waals surface area (Å²) in [7, 11) is 0. The molecule has 6 nitrogen and oxygen atoms in total. The number of rotatable bonds is 7. The van der Waals surface area contributed by atoms with Crippen LogP contribution in [-0.2, 0) is 5.75 Å². The minimum atomic E-state index is -0.132. The van der Waals surface area contributed by atoms with Crippen molar-refractivity contribution >= 4 is 17.7 Å². The van der Waals surface area contributed by atoms with Gasteiger partial charge < -0.3 is 15.6 Å². The Morgan fingerprint density at radius 1 is 1.55 bits per heavy atom. The van der Waals surface area contributed by atoms with Gasteiger partial charge in [0.1, 0.15) is 10.8 Å². The first-order valence-electron chi connectivity index (χ1n) is 7.10. The summed E-state index contributed by atoms with van der Waals surface area (Å²) >= 11 is 1.46. The van der Waals surface area contributed by atoms with Crippen LogP contribution in [0.2, 0.25) is 0 Å². The van der Waals surface area contributed by atoms with Crippen molar-refractivity contribution in [2.24, 2.45) is 5.73 Å². The van der Waals surface area contributed by atoms with Crippen LogP contribution in [0.4, 0.5) is 0 Å². The zero-order valence-corrected chi connectivity index (χ0v) is 13.5. The minimum Gasteiger partial charge on any atom is -0.361 e. The van der Waals surface area contributed by atoms with Gasteiger partial charge in [-0.1, -0.05) is 16.9 Å². The Hall–Kier alpha value is -1.86. The van der Waals surface area contributed by atoms with Gasteiger partial charge in [0.2, 0.25) is 0 Å². The molecule has 2 aromatic heterocycles. The normalized spacial score (nSPS) is 12.1. The van der Waals surface area contributed by atoms with Gasteiger partial charge in [0, 0.05) is 30.6 Å². The van der Waals surface area contributed by atoms with Crippen molar-refractivity contribution < 1.29 is 9.32 Å². The number of aromatic nitrogens is 2. The van der Waals surface area contributed by atoms with Crippen LogP contribution in [0.15, 0.2) is 33.9 Å². The van der Waals surface area contributed by atoms with E-state index in [4.69, 9.17) is 10.3 Å². The van der Waals surface area contributed by atoms with Gasteiger partial charge in [-0.25, -0.2) is 4.98 Å². The molecule has 0 aliphatic carbocycles. The number of carbonyl (C=O) groups excluding carboxylic acids is 1. The molecule has 1 unspecified atom stereocenters. The van der Waals surface area contributed by atoms with Crippen LogP contribution in [0.3, 0.4) is 0 Å². The second-order valence-electron chi connectivity index (χ2n) is 5.10. The maximum absolute atomic E-state index is 12.2. The van der Waals surface area contributed by atoms with E-state index in [1.165, 1.54) is 11.8 Å². The molecule has 1 amide bonds. The summed E-state index contributed by atoms with van der Waals surface area (Å²) in [6.45, 7) is 4.31. The molecule has 2 heterocycles. The minimum absolute atomic E-state index is 0.0680. The zero-order valence-electron chi connectivity index (χ0n) is 12.7. The fourth-order valence-electron chi connectivity index (χ4n) is 1.82. The van der Waals surface area contributed by atoms with Gasteiger partial charge in [-0.15, -0.1) is 0 Å². The van der Waals surface area contributed by atoms with Crippen LogP contribution in [0.25, 0.3) is 0 Å². The molecule has 22 heavy (non-hydrogen) atoms. The number of nitrogens with two attached hydrogens (primary N) is 1. The van der Waals surface area contributed by atoms with Gasteiger partial charge in [-0.05, 0) is 32.4 Å². The Bertz CT molecular complexity index is 628. The Kier molecular flexibility index (Phi) is 5.97. The highest BCUT2D eigenvalue weighted by molar-refractivity contribution is 7.98. The van der Waals surface area contributed by atoms with E-state index in [2.05, 4.69) is 15.5 Å². The third-order valence-corrected chi connectivity index (χ3v) is 3.97. The number of pyridine rings is 1. The molecule has 0 aliphatic rings. The average Bonchev–Trinajstić information content (AvgIpc) is 2.90. The molecule has 2 aromatic rings. The topological polar surface area (TPSA) is 94.0 Å². The summed E-state index contributed by atoms with van der Waals surface area (Å²) in [4.78, 5) is 16.5. The number of hydrogen-bond acceptors (Lipinski definition) is 6. The Morgan fingerprint density at radius 3 is 3.05 bits per heavy atom. The molecule has 0 fully saturated rings. The zero-order chi connectivity index (χ0) is 15.9. The fraction of sp³-hybridized carbons (Fsp3) is 0.400. The first-order chi connectivity index (χ1) is 10.6. The van der Waals surface area contributed by atoms with Gasteiger partial charge in [0.15, 0.2) is 0 Å². The van der Waals surface area contributed by atoms with Gasteiger partial charge in [0.25, 0.3) is 5.91 Å². The van der Waals surface area contributed by atoms with E-state index in [1.807, 2.05) is 19.9 Å². The Morgan fingerprint density at radius 2 is 2.36 bits per heavy atom. The van der Waals surface area contributed by atoms with E-state index in [0.29, 0.717) is 22.9 Å². The predicted octanol–water partition coefficient (Wildman–Crippen LogP) is 2.14. The molecule has 0 aromatic carbocycles. The standard InChI is InChI=1S/C15H20N4O2S/c1-10(16)5-7-17-14(20)13-4-3-6-18-15(13)22-9-12-8-11(2)21-19-12/h3-4,6,8,10H,5,7,9,16H2,1-2H3,(H,17,20). The quantitative estimate of drug-likeness (QED) is 0.759. The van der Waals surface area contributed by atoms with E-state index >= 15 is 0 Å². The molecule has 0 spiro atoms. The third-order valence-electron chi connectivity index (χ3n) is 2.93. The monoisotopic (exact) mass is 320 g/mol. The molecule has 0 saturated carbocycles. The van der Waals surface area contributed by atoms with Crippen molar-refractivity contribution in [1.82, 2.24) is 15.5 Å². The lowest BCUT2D eigenvalue weighted by molar-refractivity contribution is 0.0949. The lowest BCUT2D eigenvalue weighted by Crippen LogP contribution is -2.29. The summed E-state index contributed by atoms with van der Waals surface area (Å²) < 4.78 is 5.03. The van der Waals surface area contributed by atoms with Crippen molar-refractivity contribution in [3.05, 3.63) is 41.4 Å². The van der Waals surface area contributed by atoms with E-state index in [0.717, 1.165) is 17.9 Å². The number of nitrogens with zero attached hydrogens (tertiary/aromatic N) is 2. The van der Waals surface area contributed by atoms with Crippen LogP contribution < -0.4 is 11.1 Å². The molecule has 118 valence electrons. The predicted molar refractivity (Wildman–Crippen MR) is 85.6 cm³/mol. The molecule has 1 atom stereocenters. The van der Waals surface area contributed by atoms with Crippen LogP contribution >= 0.6 is 11.8 Å². The molecule has 2 rings (SSSR count). The van der Waals surface area contributed by atoms with Crippen molar-refractivity contribution in [1.29, 1.82) is 0 Å². The van der Waals surface area contributed by atoms with Crippen LogP contribution in [0.5, 0.6) is 0 Å². The third kappa shape index (κ3) is 4.85. The van der Waals surface area contributed by atoms with Crippen molar-refractivity contribution in [2.45, 2.75) is 37.1 Å².